The fraction of sp³-hybridized carbons (Fsp3) is 0.167. The Balaban J connectivity index is 3.08. The molecule has 0 aromatic carbocycles. The third-order valence-corrected chi connectivity index (χ3v) is 1.49. The molecule has 2 aromatic rings. The Morgan fingerprint density at radius 3 is 3.09 bits per heavy atom. The predicted octanol–water partition coefficient (Wildman–Crippen LogP) is -0.572. The molecular formula is C6H6N4O. The van der Waals surface area contributed by atoms with Crippen LogP contribution in [0.4, 0.5) is 0 Å². The summed E-state index contributed by atoms with van der Waals surface area (Å²) in [7, 11) is 1.74. The van der Waals surface area contributed by atoms with Gasteiger partial charge in [-0.15, -0.1) is 0 Å². The van der Waals surface area contributed by atoms with E-state index >= 15 is 0 Å². The van der Waals surface area contributed by atoms with Gasteiger partial charge >= 0.3 is 0 Å². The minimum absolute atomic E-state index is 0.157. The molecule has 0 amide bonds. The summed E-state index contributed by atoms with van der Waals surface area (Å²) in [4.78, 5) is 15.0. The first-order chi connectivity index (χ1) is 5.29. The van der Waals surface area contributed by atoms with Gasteiger partial charge in [-0.05, 0) is 0 Å². The average molecular weight is 150 g/mol. The van der Waals surface area contributed by atoms with Gasteiger partial charge in [-0.2, -0.15) is 5.10 Å². The van der Waals surface area contributed by atoms with Crippen LogP contribution in [0.2, 0.25) is 0 Å². The van der Waals surface area contributed by atoms with Crippen molar-refractivity contribution < 1.29 is 0 Å². The normalized spacial score (nSPS) is 10.6. The molecule has 0 atom stereocenters. The zero-order valence-electron chi connectivity index (χ0n) is 5.93. The van der Waals surface area contributed by atoms with Crippen LogP contribution >= 0.6 is 0 Å². The Morgan fingerprint density at radius 1 is 1.55 bits per heavy atom. The Labute approximate surface area is 61.9 Å². The molecule has 0 saturated heterocycles. The van der Waals surface area contributed by atoms with E-state index in [-0.39, 0.29) is 5.56 Å². The molecule has 2 rings (SSSR count). The molecule has 56 valence electrons. The maximum atomic E-state index is 11.0. The number of hydrogen-bond acceptors (Lipinski definition) is 3. The van der Waals surface area contributed by atoms with E-state index in [9.17, 15) is 4.79 Å². The number of hydrogen-bond donors (Lipinski definition) is 0. The SMILES string of the molecule is Cn1ncc(=O)n2ccnc12. The van der Waals surface area contributed by atoms with Crippen LogP contribution in [0.1, 0.15) is 0 Å². The number of fused-ring (bicyclic) bond motifs is 1. The molecule has 0 radical (unpaired) electrons. The minimum atomic E-state index is -0.157. The van der Waals surface area contributed by atoms with Crippen molar-refractivity contribution in [3.63, 3.8) is 0 Å². The summed E-state index contributed by atoms with van der Waals surface area (Å²) >= 11 is 0. The highest BCUT2D eigenvalue weighted by atomic mass is 16.1. The average Bonchev–Trinajstić information content (AvgIpc) is 2.45. The minimum Gasteiger partial charge on any atom is -0.267 e. The largest absolute Gasteiger partial charge is 0.277 e. The monoisotopic (exact) mass is 150 g/mol. The summed E-state index contributed by atoms with van der Waals surface area (Å²) in [6.45, 7) is 0. The van der Waals surface area contributed by atoms with Crippen LogP contribution in [0.15, 0.2) is 23.4 Å². The summed E-state index contributed by atoms with van der Waals surface area (Å²) in [5, 5.41) is 3.80. The van der Waals surface area contributed by atoms with Crippen molar-refractivity contribution in [3.8, 4) is 0 Å². The van der Waals surface area contributed by atoms with Crippen molar-refractivity contribution >= 4 is 5.78 Å². The Hall–Kier alpha value is -1.65. The number of nitrogens with zero attached hydrogens (tertiary/aromatic N) is 4. The van der Waals surface area contributed by atoms with Crippen molar-refractivity contribution in [1.82, 2.24) is 19.2 Å². The van der Waals surface area contributed by atoms with E-state index in [1.165, 1.54) is 10.6 Å². The van der Waals surface area contributed by atoms with Crippen LogP contribution in [0.5, 0.6) is 0 Å². The lowest BCUT2D eigenvalue weighted by molar-refractivity contribution is 0.722. The first-order valence-corrected chi connectivity index (χ1v) is 3.14. The van der Waals surface area contributed by atoms with Crippen LogP contribution in [0, 0.1) is 0 Å². The first kappa shape index (κ1) is 6.09. The summed E-state index contributed by atoms with van der Waals surface area (Å²) in [6, 6.07) is 0. The Kier molecular flexibility index (Phi) is 1.06. The van der Waals surface area contributed by atoms with Gasteiger partial charge < -0.3 is 0 Å². The molecule has 0 N–H and O–H groups in total. The van der Waals surface area contributed by atoms with E-state index < -0.39 is 0 Å². The second kappa shape index (κ2) is 1.91. The quantitative estimate of drug-likeness (QED) is 0.505. The molecule has 2 heterocycles. The zero-order valence-corrected chi connectivity index (χ0v) is 5.93. The molecule has 5 nitrogen and oxygen atoms in total. The summed E-state index contributed by atoms with van der Waals surface area (Å²) in [6.07, 6.45) is 4.44. The van der Waals surface area contributed by atoms with Gasteiger partial charge in [-0.25, -0.2) is 14.1 Å². The van der Waals surface area contributed by atoms with E-state index in [0.29, 0.717) is 5.78 Å². The lowest BCUT2D eigenvalue weighted by Gasteiger charge is -1.96. The molecule has 0 bridgehead atoms. The first-order valence-electron chi connectivity index (χ1n) is 3.14. The van der Waals surface area contributed by atoms with Gasteiger partial charge in [0.15, 0.2) is 0 Å². The van der Waals surface area contributed by atoms with E-state index in [4.69, 9.17) is 0 Å². The number of aryl methyl sites for hydroxylation is 1. The maximum absolute atomic E-state index is 11.0. The fourth-order valence-corrected chi connectivity index (χ4v) is 0.957. The molecule has 2 aromatic heterocycles. The standard InChI is InChI=1S/C6H6N4O/c1-9-6-7-2-3-10(6)5(11)4-8-9/h2-4H,1H3. The topological polar surface area (TPSA) is 52.2 Å². The molecule has 0 aliphatic carbocycles. The smallest absolute Gasteiger partial charge is 0.267 e. The van der Waals surface area contributed by atoms with Crippen LogP contribution in [0.3, 0.4) is 0 Å². The highest BCUT2D eigenvalue weighted by Gasteiger charge is 1.98. The molecule has 11 heavy (non-hydrogen) atoms. The Bertz CT molecular complexity index is 441. The summed E-state index contributed by atoms with van der Waals surface area (Å²) < 4.78 is 2.98. The summed E-state index contributed by atoms with van der Waals surface area (Å²) in [5.41, 5.74) is -0.157. The van der Waals surface area contributed by atoms with Gasteiger partial charge in [0.25, 0.3) is 5.56 Å². The fourth-order valence-electron chi connectivity index (χ4n) is 0.957. The lowest BCUT2D eigenvalue weighted by atomic mass is 10.8. The second-order valence-electron chi connectivity index (χ2n) is 2.20. The lowest BCUT2D eigenvalue weighted by Crippen LogP contribution is -2.16. The van der Waals surface area contributed by atoms with Crippen LogP contribution in [0.25, 0.3) is 5.78 Å². The third kappa shape index (κ3) is 0.739. The van der Waals surface area contributed by atoms with Crippen LogP contribution in [-0.4, -0.2) is 19.2 Å². The van der Waals surface area contributed by atoms with Gasteiger partial charge in [-0.3, -0.25) is 4.79 Å². The number of aromatic nitrogens is 4. The molecular weight excluding hydrogens is 144 g/mol. The zero-order chi connectivity index (χ0) is 7.84. The van der Waals surface area contributed by atoms with Gasteiger partial charge in [0, 0.05) is 19.4 Å². The van der Waals surface area contributed by atoms with E-state index in [1.54, 1.807) is 24.1 Å². The number of imidazole rings is 1. The van der Waals surface area contributed by atoms with E-state index in [1.807, 2.05) is 0 Å². The molecule has 5 heteroatoms. The molecule has 0 fully saturated rings. The van der Waals surface area contributed by atoms with Crippen molar-refractivity contribution in [3.05, 3.63) is 28.9 Å². The number of rotatable bonds is 0. The van der Waals surface area contributed by atoms with Gasteiger partial charge in [0.05, 0.1) is 0 Å². The van der Waals surface area contributed by atoms with Crippen molar-refractivity contribution in [1.29, 1.82) is 0 Å². The third-order valence-electron chi connectivity index (χ3n) is 1.49. The molecule has 0 spiro atoms. The maximum Gasteiger partial charge on any atom is 0.277 e. The van der Waals surface area contributed by atoms with Crippen LogP contribution < -0.4 is 5.56 Å². The second-order valence-corrected chi connectivity index (χ2v) is 2.20. The van der Waals surface area contributed by atoms with Crippen LogP contribution in [-0.2, 0) is 7.05 Å². The van der Waals surface area contributed by atoms with Crippen molar-refractivity contribution in [2.75, 3.05) is 0 Å². The summed E-state index contributed by atoms with van der Waals surface area (Å²) in [5.74, 6) is 0.553. The molecule has 0 aliphatic rings. The highest BCUT2D eigenvalue weighted by Crippen LogP contribution is 1.89. The highest BCUT2D eigenvalue weighted by molar-refractivity contribution is 5.25. The predicted molar refractivity (Wildman–Crippen MR) is 38.2 cm³/mol. The Morgan fingerprint density at radius 2 is 2.36 bits per heavy atom. The van der Waals surface area contributed by atoms with E-state index in [2.05, 4.69) is 10.1 Å². The van der Waals surface area contributed by atoms with Gasteiger partial charge in [0.2, 0.25) is 5.78 Å². The van der Waals surface area contributed by atoms with Crippen molar-refractivity contribution in [2.45, 2.75) is 0 Å². The molecule has 0 aliphatic heterocycles. The molecule has 0 saturated carbocycles. The van der Waals surface area contributed by atoms with Gasteiger partial charge in [0.1, 0.15) is 6.20 Å². The van der Waals surface area contributed by atoms with Gasteiger partial charge in [-0.1, -0.05) is 0 Å². The molecule has 0 unspecified atom stereocenters. The van der Waals surface area contributed by atoms with E-state index in [0.717, 1.165) is 0 Å². The van der Waals surface area contributed by atoms with Crippen molar-refractivity contribution in [2.24, 2.45) is 7.05 Å².